The minimum absolute atomic E-state index is 0.00300. The zero-order valence-corrected chi connectivity index (χ0v) is 20.7. The molecule has 4 aromatic rings. The fourth-order valence-corrected chi connectivity index (χ4v) is 4.15. The molecule has 2 aromatic carbocycles. The molecule has 0 bridgehead atoms. The molecule has 0 aliphatic rings. The van der Waals surface area contributed by atoms with E-state index in [-0.39, 0.29) is 49.0 Å². The van der Waals surface area contributed by atoms with Gasteiger partial charge in [0, 0.05) is 6.20 Å². The van der Waals surface area contributed by atoms with Crippen molar-refractivity contribution in [2.45, 2.75) is 13.2 Å². The van der Waals surface area contributed by atoms with E-state index in [1.54, 1.807) is 29.1 Å². The van der Waals surface area contributed by atoms with Gasteiger partial charge in [-0.25, -0.2) is 4.39 Å². The highest BCUT2D eigenvalue weighted by Crippen LogP contribution is 2.48. The minimum Gasteiger partial charge on any atom is -0.482 e. The van der Waals surface area contributed by atoms with Crippen LogP contribution in [0.4, 0.5) is 10.1 Å². The quantitative estimate of drug-likeness (QED) is 0.184. The second kappa shape index (κ2) is 10.5. The summed E-state index contributed by atoms with van der Waals surface area (Å²) >= 11 is 30.3. The Labute approximate surface area is 218 Å². The molecule has 0 radical (unpaired) electrons. The maximum Gasteiger partial charge on any atom is 0.291 e. The van der Waals surface area contributed by atoms with E-state index in [0.717, 1.165) is 5.56 Å². The van der Waals surface area contributed by atoms with Gasteiger partial charge in [0.25, 0.3) is 5.91 Å². The third-order valence-electron chi connectivity index (χ3n) is 4.56. The van der Waals surface area contributed by atoms with Crippen LogP contribution in [-0.2, 0) is 13.2 Å². The first-order valence-electron chi connectivity index (χ1n) is 9.54. The van der Waals surface area contributed by atoms with Gasteiger partial charge in [0.05, 0.1) is 33.5 Å². The van der Waals surface area contributed by atoms with Crippen LogP contribution in [0.15, 0.2) is 53.2 Å². The van der Waals surface area contributed by atoms with Crippen LogP contribution >= 0.6 is 58.0 Å². The molecule has 0 spiro atoms. The normalized spacial score (nSPS) is 11.0. The smallest absolute Gasteiger partial charge is 0.291 e. The second-order valence-corrected chi connectivity index (χ2v) is 8.85. The summed E-state index contributed by atoms with van der Waals surface area (Å²) < 4.78 is 25.8. The molecule has 0 aliphatic carbocycles. The molecule has 0 fully saturated rings. The lowest BCUT2D eigenvalue weighted by atomic mass is 10.2. The Morgan fingerprint density at radius 2 is 1.62 bits per heavy atom. The maximum atomic E-state index is 13.0. The number of benzene rings is 2. The summed E-state index contributed by atoms with van der Waals surface area (Å²) in [5, 5.41) is 6.92. The topological polar surface area (TPSA) is 69.3 Å². The van der Waals surface area contributed by atoms with Crippen molar-refractivity contribution >= 4 is 69.6 Å². The summed E-state index contributed by atoms with van der Waals surface area (Å²) in [6.07, 6.45) is 3.14. The van der Waals surface area contributed by atoms with E-state index in [9.17, 15) is 9.18 Å². The number of nitrogens with zero attached hydrogens (tertiary/aromatic N) is 2. The molecule has 176 valence electrons. The van der Waals surface area contributed by atoms with Crippen molar-refractivity contribution in [3.8, 4) is 5.75 Å². The van der Waals surface area contributed by atoms with Gasteiger partial charge in [0.1, 0.15) is 28.2 Å². The number of aromatic nitrogens is 2. The minimum atomic E-state index is -0.485. The molecule has 0 unspecified atom stereocenters. The van der Waals surface area contributed by atoms with E-state index in [0.29, 0.717) is 18.0 Å². The van der Waals surface area contributed by atoms with E-state index < -0.39 is 5.91 Å². The van der Waals surface area contributed by atoms with Crippen molar-refractivity contribution in [2.75, 3.05) is 5.32 Å². The Bertz CT molecular complexity index is 1330. The van der Waals surface area contributed by atoms with Crippen LogP contribution in [0.25, 0.3) is 0 Å². The summed E-state index contributed by atoms with van der Waals surface area (Å²) in [5.74, 6) is -0.381. The van der Waals surface area contributed by atoms with Gasteiger partial charge in [0.2, 0.25) is 0 Å². The first-order chi connectivity index (χ1) is 16.2. The first-order valence-corrected chi connectivity index (χ1v) is 11.4. The van der Waals surface area contributed by atoms with Crippen molar-refractivity contribution in [1.82, 2.24) is 9.78 Å². The van der Waals surface area contributed by atoms with Gasteiger partial charge in [-0.15, -0.1) is 0 Å². The number of hydrogen-bond donors (Lipinski definition) is 1. The van der Waals surface area contributed by atoms with E-state index in [4.69, 9.17) is 67.2 Å². The maximum absolute atomic E-state index is 13.0. The molecule has 0 saturated carbocycles. The summed E-state index contributed by atoms with van der Waals surface area (Å²) in [5.41, 5.74) is 1.33. The summed E-state index contributed by atoms with van der Waals surface area (Å²) in [7, 11) is 0. The average molecular weight is 564 g/mol. The summed E-state index contributed by atoms with van der Waals surface area (Å²) in [4.78, 5) is 12.5. The molecule has 12 heteroatoms. The van der Waals surface area contributed by atoms with Gasteiger partial charge < -0.3 is 14.5 Å². The van der Waals surface area contributed by atoms with Crippen LogP contribution in [0.5, 0.6) is 5.75 Å². The van der Waals surface area contributed by atoms with Gasteiger partial charge in [-0.3, -0.25) is 9.48 Å². The van der Waals surface area contributed by atoms with Crippen LogP contribution < -0.4 is 10.1 Å². The highest BCUT2D eigenvalue weighted by Gasteiger charge is 2.21. The van der Waals surface area contributed by atoms with Crippen molar-refractivity contribution in [1.29, 1.82) is 0 Å². The van der Waals surface area contributed by atoms with Crippen LogP contribution in [0.3, 0.4) is 0 Å². The number of rotatable bonds is 7. The molecule has 0 saturated heterocycles. The Morgan fingerprint density at radius 3 is 2.29 bits per heavy atom. The molecular weight excluding hydrogens is 551 g/mol. The monoisotopic (exact) mass is 561 g/mol. The van der Waals surface area contributed by atoms with Gasteiger partial charge in [0.15, 0.2) is 11.5 Å². The number of hydrogen-bond acceptors (Lipinski definition) is 4. The third-order valence-corrected chi connectivity index (χ3v) is 6.80. The zero-order valence-electron chi connectivity index (χ0n) is 16.9. The van der Waals surface area contributed by atoms with E-state index in [1.165, 1.54) is 24.4 Å². The lowest BCUT2D eigenvalue weighted by Gasteiger charge is -2.12. The van der Waals surface area contributed by atoms with Crippen LogP contribution in [0.1, 0.15) is 21.9 Å². The van der Waals surface area contributed by atoms with E-state index in [2.05, 4.69) is 10.4 Å². The van der Waals surface area contributed by atoms with Gasteiger partial charge in [-0.2, -0.15) is 5.10 Å². The van der Waals surface area contributed by atoms with Crippen LogP contribution in [0, 0.1) is 5.82 Å². The van der Waals surface area contributed by atoms with Crippen molar-refractivity contribution in [2.24, 2.45) is 0 Å². The van der Waals surface area contributed by atoms with Crippen molar-refractivity contribution in [3.05, 3.63) is 96.8 Å². The molecule has 0 atom stereocenters. The largest absolute Gasteiger partial charge is 0.482 e. The Morgan fingerprint density at radius 1 is 0.971 bits per heavy atom. The molecule has 2 aromatic heterocycles. The lowest BCUT2D eigenvalue weighted by Crippen LogP contribution is -2.10. The third kappa shape index (κ3) is 5.45. The Kier molecular flexibility index (Phi) is 7.60. The van der Waals surface area contributed by atoms with Crippen LogP contribution in [-0.4, -0.2) is 15.7 Å². The fraction of sp³-hybridized carbons (Fsp3) is 0.0909. The average Bonchev–Trinajstić information content (AvgIpc) is 3.47. The predicted molar refractivity (Wildman–Crippen MR) is 130 cm³/mol. The number of halogens is 6. The Balaban J connectivity index is 1.38. The van der Waals surface area contributed by atoms with Crippen molar-refractivity contribution < 1.29 is 18.3 Å². The highest BCUT2D eigenvalue weighted by molar-refractivity contribution is 6.55. The number of carbonyl (C=O) groups excluding carboxylic acids is 1. The lowest BCUT2D eigenvalue weighted by molar-refractivity contribution is 0.0992. The molecule has 34 heavy (non-hydrogen) atoms. The molecule has 6 nitrogen and oxygen atoms in total. The van der Waals surface area contributed by atoms with Gasteiger partial charge in [-0.1, -0.05) is 70.1 Å². The number of furan rings is 1. The number of amides is 1. The molecule has 2 heterocycles. The second-order valence-electron chi connectivity index (χ2n) is 6.96. The number of ether oxygens (including phenoxy) is 1. The molecule has 0 aliphatic heterocycles. The number of carbonyl (C=O) groups is 1. The zero-order chi connectivity index (χ0) is 24.4. The highest BCUT2D eigenvalue weighted by atomic mass is 35.5. The molecule has 4 rings (SSSR count). The fourth-order valence-electron chi connectivity index (χ4n) is 2.92. The molecule has 1 amide bonds. The van der Waals surface area contributed by atoms with Crippen molar-refractivity contribution in [3.63, 3.8) is 0 Å². The van der Waals surface area contributed by atoms with Crippen LogP contribution in [0.2, 0.25) is 25.1 Å². The van der Waals surface area contributed by atoms with Gasteiger partial charge >= 0.3 is 0 Å². The summed E-state index contributed by atoms with van der Waals surface area (Å²) in [6, 6.07) is 9.12. The number of nitrogens with one attached hydrogen (secondary N) is 1. The number of anilines is 1. The SMILES string of the molecule is O=C(Nc1cnn(Cc2ccc(F)cc2)c1)c1ccc(COc2c(Cl)c(Cl)c(Cl)c(Cl)c2Cl)o1. The predicted octanol–water partition coefficient (Wildman–Crippen LogP) is 7.76. The van der Waals surface area contributed by atoms with Gasteiger partial charge in [-0.05, 0) is 29.8 Å². The molecule has 1 N–H and O–H groups in total. The summed E-state index contributed by atoms with van der Waals surface area (Å²) in [6.45, 7) is 0.318. The van der Waals surface area contributed by atoms with E-state index >= 15 is 0 Å². The Hall–Kier alpha value is -2.42. The van der Waals surface area contributed by atoms with E-state index in [1.807, 2.05) is 0 Å². The first kappa shape index (κ1) is 24.7. The standard InChI is InChI=1S/C22H13Cl5FN3O3/c23-16-17(24)19(26)21(20(27)18(16)25)33-10-14-5-6-15(34-14)22(32)30-13-7-29-31(9-13)8-11-1-3-12(28)4-2-11/h1-7,9H,8,10H2,(H,30,32). The molecular formula is C22H13Cl5FN3O3.